The van der Waals surface area contributed by atoms with Crippen LogP contribution in [0.3, 0.4) is 0 Å². The molecule has 0 aliphatic heterocycles. The van der Waals surface area contributed by atoms with E-state index in [1.165, 1.54) is 18.2 Å². The van der Waals surface area contributed by atoms with Crippen molar-refractivity contribution < 1.29 is 23.8 Å². The Bertz CT molecular complexity index is 1980. The van der Waals surface area contributed by atoms with Crippen molar-refractivity contribution in [3.63, 3.8) is 0 Å². The highest BCUT2D eigenvalue weighted by Crippen LogP contribution is 2.44. The second-order valence-electron chi connectivity index (χ2n) is 11.3. The number of nitrogens with one attached hydrogen (secondary N) is 4. The van der Waals surface area contributed by atoms with Gasteiger partial charge in [0.1, 0.15) is 29.5 Å². The second-order valence-corrected chi connectivity index (χ2v) is 11.3. The molecule has 1 atom stereocenters. The van der Waals surface area contributed by atoms with Crippen LogP contribution in [0.1, 0.15) is 58.3 Å². The number of fused-ring (bicyclic) bond motifs is 3. The van der Waals surface area contributed by atoms with Crippen molar-refractivity contribution in [2.75, 3.05) is 30.3 Å². The summed E-state index contributed by atoms with van der Waals surface area (Å²) in [6, 6.07) is 23.8. The lowest BCUT2D eigenvalue weighted by molar-refractivity contribution is 0.0949. The number of aromatic hydroxyl groups is 1. The summed E-state index contributed by atoms with van der Waals surface area (Å²) >= 11 is 0. The van der Waals surface area contributed by atoms with E-state index < -0.39 is 28.6 Å². The number of carbonyl (C=O) groups excluding carboxylic acids is 2. The zero-order chi connectivity index (χ0) is 33.1. The van der Waals surface area contributed by atoms with Crippen LogP contribution in [0, 0.1) is 6.92 Å². The number of phenolic OH excluding ortho intramolecular Hbond substituents is 1. The number of rotatable bonds is 12. The number of hydrogen-bond donors (Lipinski definition) is 5. The number of furan rings is 1. The first-order chi connectivity index (χ1) is 22.8. The quantitative estimate of drug-likeness (QED) is 0.0682. The van der Waals surface area contributed by atoms with Crippen LogP contribution >= 0.6 is 0 Å². The lowest BCUT2D eigenvalue weighted by atomic mass is 9.98. The van der Waals surface area contributed by atoms with Gasteiger partial charge in [-0.15, -0.1) is 0 Å². The Kier molecular flexibility index (Phi) is 8.79. The fraction of sp³-hybridized carbons (Fsp3) is 0.222. The third-order valence-corrected chi connectivity index (χ3v) is 8.31. The van der Waals surface area contributed by atoms with E-state index in [1.54, 1.807) is 6.07 Å². The van der Waals surface area contributed by atoms with Gasteiger partial charge in [-0.1, -0.05) is 61.5 Å². The fourth-order valence-electron chi connectivity index (χ4n) is 5.89. The molecule has 11 heteroatoms. The van der Waals surface area contributed by atoms with Gasteiger partial charge in [-0.25, -0.2) is 4.79 Å². The molecule has 1 aliphatic rings. The number of amides is 2. The molecule has 6 rings (SSSR count). The monoisotopic (exact) mass is 634 g/mol. The molecule has 0 saturated carbocycles. The van der Waals surface area contributed by atoms with Gasteiger partial charge >= 0.3 is 6.09 Å². The van der Waals surface area contributed by atoms with Gasteiger partial charge in [0.05, 0.1) is 17.3 Å². The van der Waals surface area contributed by atoms with E-state index in [4.69, 9.17) is 9.15 Å². The SMILES string of the molecule is CC[C@@H](Nc1c(Nc2cccc(C(=O)NCCNC(=O)OCC3c4ccccc4-c4ccccc43)c2O)c(=O)c1=O)c1ccc(C)o1. The normalized spacial score (nSPS) is 12.6. The Morgan fingerprint density at radius 2 is 1.51 bits per heavy atom. The fourth-order valence-corrected chi connectivity index (χ4v) is 5.89. The summed E-state index contributed by atoms with van der Waals surface area (Å²) < 4.78 is 11.2. The first-order valence-corrected chi connectivity index (χ1v) is 15.4. The molecule has 1 aliphatic carbocycles. The lowest BCUT2D eigenvalue weighted by Crippen LogP contribution is -2.37. The molecular formula is C36H34N4O7. The van der Waals surface area contributed by atoms with Crippen molar-refractivity contribution in [2.24, 2.45) is 0 Å². The van der Waals surface area contributed by atoms with Crippen molar-refractivity contribution >= 4 is 29.1 Å². The van der Waals surface area contributed by atoms with Gasteiger partial charge in [0, 0.05) is 19.0 Å². The molecular weight excluding hydrogens is 600 g/mol. The van der Waals surface area contributed by atoms with Crippen molar-refractivity contribution in [3.05, 3.63) is 128 Å². The number of hydrogen-bond acceptors (Lipinski definition) is 9. The number of aryl methyl sites for hydroxylation is 1. The molecule has 47 heavy (non-hydrogen) atoms. The zero-order valence-corrected chi connectivity index (χ0v) is 25.9. The van der Waals surface area contributed by atoms with Gasteiger partial charge in [-0.2, -0.15) is 0 Å². The summed E-state index contributed by atoms with van der Waals surface area (Å²) in [7, 11) is 0. The highest BCUT2D eigenvalue weighted by molar-refractivity contribution is 5.99. The van der Waals surface area contributed by atoms with Gasteiger partial charge in [0.2, 0.25) is 0 Å². The summed E-state index contributed by atoms with van der Waals surface area (Å²) in [6.07, 6.45) is -0.0255. The minimum absolute atomic E-state index is 0.0168. The van der Waals surface area contributed by atoms with Crippen molar-refractivity contribution in [1.82, 2.24) is 10.6 Å². The number of ether oxygens (including phenoxy) is 1. The lowest BCUT2D eigenvalue weighted by Gasteiger charge is -2.21. The number of anilines is 3. The number of carbonyl (C=O) groups is 2. The van der Waals surface area contributed by atoms with Crippen molar-refractivity contribution in [3.8, 4) is 16.9 Å². The maximum absolute atomic E-state index is 12.9. The van der Waals surface area contributed by atoms with Crippen LogP contribution in [-0.2, 0) is 4.74 Å². The molecule has 0 bridgehead atoms. The van der Waals surface area contributed by atoms with E-state index in [0.717, 1.165) is 28.0 Å². The number of alkyl carbamates (subject to hydrolysis) is 1. The largest absolute Gasteiger partial charge is 0.505 e. The predicted molar refractivity (Wildman–Crippen MR) is 178 cm³/mol. The van der Waals surface area contributed by atoms with E-state index in [0.29, 0.717) is 12.2 Å². The summed E-state index contributed by atoms with van der Waals surface area (Å²) in [5.74, 6) is 0.279. The molecule has 11 nitrogen and oxygen atoms in total. The number of para-hydroxylation sites is 1. The maximum atomic E-state index is 12.9. The minimum atomic E-state index is -0.744. The smallest absolute Gasteiger partial charge is 0.407 e. The Morgan fingerprint density at radius 1 is 0.851 bits per heavy atom. The van der Waals surface area contributed by atoms with Crippen LogP contribution in [0.25, 0.3) is 11.1 Å². The standard InChI is InChI=1S/C36H34N4O7/c1-3-27(29-16-15-20(2)47-29)39-30-31(34(43)33(30)42)40-28-14-8-13-25(32(28)41)35(44)37-17-18-38-36(45)46-19-26-23-11-6-4-9-21(23)22-10-5-7-12-24(22)26/h4-16,26-27,39-41H,3,17-19H2,1-2H3,(H,37,44)(H,38,45)/t27-/m1/s1. The number of phenols is 1. The summed E-state index contributed by atoms with van der Waals surface area (Å²) in [5, 5.41) is 22.0. The average Bonchev–Trinajstić information content (AvgIpc) is 3.66. The predicted octanol–water partition coefficient (Wildman–Crippen LogP) is 5.46. The Labute approximate surface area is 270 Å². The summed E-state index contributed by atoms with van der Waals surface area (Å²) in [5.41, 5.74) is 3.13. The van der Waals surface area contributed by atoms with Gasteiger partial charge in [-0.3, -0.25) is 14.4 Å². The van der Waals surface area contributed by atoms with E-state index in [2.05, 4.69) is 33.4 Å². The second kappa shape index (κ2) is 13.3. The maximum Gasteiger partial charge on any atom is 0.407 e. The van der Waals surface area contributed by atoms with Crippen LogP contribution < -0.4 is 32.1 Å². The highest BCUT2D eigenvalue weighted by Gasteiger charge is 2.29. The number of benzene rings is 3. The summed E-state index contributed by atoms with van der Waals surface area (Å²) in [6.45, 7) is 4.05. The Morgan fingerprint density at radius 3 is 2.17 bits per heavy atom. The van der Waals surface area contributed by atoms with Crippen LogP contribution in [-0.4, -0.2) is 36.8 Å². The van der Waals surface area contributed by atoms with Crippen LogP contribution in [0.2, 0.25) is 0 Å². The molecule has 1 aromatic heterocycles. The molecule has 5 aromatic rings. The van der Waals surface area contributed by atoms with Crippen molar-refractivity contribution in [1.29, 1.82) is 0 Å². The first kappa shape index (κ1) is 31.2. The Balaban J connectivity index is 1.02. The molecule has 1 heterocycles. The van der Waals surface area contributed by atoms with Crippen molar-refractivity contribution in [2.45, 2.75) is 32.2 Å². The molecule has 0 unspecified atom stereocenters. The molecule has 0 fully saturated rings. The molecule has 4 aromatic carbocycles. The molecule has 0 radical (unpaired) electrons. The van der Waals surface area contributed by atoms with E-state index >= 15 is 0 Å². The average molecular weight is 635 g/mol. The third-order valence-electron chi connectivity index (χ3n) is 8.31. The van der Waals surface area contributed by atoms with Gasteiger partial charge in [0.15, 0.2) is 5.75 Å². The molecule has 240 valence electrons. The zero-order valence-electron chi connectivity index (χ0n) is 25.9. The van der Waals surface area contributed by atoms with E-state index in [1.807, 2.05) is 56.3 Å². The summed E-state index contributed by atoms with van der Waals surface area (Å²) in [4.78, 5) is 50.2. The van der Waals surface area contributed by atoms with Crippen LogP contribution in [0.4, 0.5) is 21.9 Å². The van der Waals surface area contributed by atoms with E-state index in [9.17, 15) is 24.3 Å². The molecule has 0 saturated heterocycles. The van der Waals surface area contributed by atoms with Crippen LogP contribution in [0.15, 0.2) is 92.9 Å². The molecule has 2 amide bonds. The topological polar surface area (TPSA) is 159 Å². The van der Waals surface area contributed by atoms with Crippen LogP contribution in [0.5, 0.6) is 5.75 Å². The van der Waals surface area contributed by atoms with Gasteiger partial charge < -0.3 is 35.5 Å². The minimum Gasteiger partial charge on any atom is -0.505 e. The Hall–Kier alpha value is -5.84. The first-order valence-electron chi connectivity index (χ1n) is 15.4. The van der Waals surface area contributed by atoms with Gasteiger partial charge in [0.25, 0.3) is 16.8 Å². The van der Waals surface area contributed by atoms with E-state index in [-0.39, 0.29) is 54.3 Å². The molecule has 0 spiro atoms. The highest BCUT2D eigenvalue weighted by atomic mass is 16.5. The molecule has 5 N–H and O–H groups in total. The van der Waals surface area contributed by atoms with Gasteiger partial charge in [-0.05, 0) is 59.9 Å². The third kappa shape index (κ3) is 6.19.